The Morgan fingerprint density at radius 1 is 1.20 bits per heavy atom. The van der Waals surface area contributed by atoms with Crippen molar-refractivity contribution < 1.29 is 9.59 Å². The summed E-state index contributed by atoms with van der Waals surface area (Å²) in [6.45, 7) is 3.72. The summed E-state index contributed by atoms with van der Waals surface area (Å²) in [7, 11) is 0. The smallest absolute Gasteiger partial charge is 0.315 e. The van der Waals surface area contributed by atoms with Crippen molar-refractivity contribution in [2.45, 2.75) is 58.0 Å². The summed E-state index contributed by atoms with van der Waals surface area (Å²) in [5.41, 5.74) is 1.78. The average molecular weight is 344 g/mol. The lowest BCUT2D eigenvalue weighted by molar-refractivity contribution is -0.135. The molecule has 1 atom stereocenters. The molecule has 0 bridgehead atoms. The van der Waals surface area contributed by atoms with Crippen LogP contribution in [-0.4, -0.2) is 41.0 Å². The first-order valence-corrected chi connectivity index (χ1v) is 9.37. The van der Waals surface area contributed by atoms with Crippen molar-refractivity contribution in [1.82, 2.24) is 20.5 Å². The van der Waals surface area contributed by atoms with E-state index in [0.29, 0.717) is 13.1 Å². The Balaban J connectivity index is 1.41. The highest BCUT2D eigenvalue weighted by Gasteiger charge is 2.31. The summed E-state index contributed by atoms with van der Waals surface area (Å²) in [6.07, 6.45) is 6.47. The van der Waals surface area contributed by atoms with Crippen LogP contribution in [0.3, 0.4) is 0 Å². The predicted octanol–water partition coefficient (Wildman–Crippen LogP) is 2.37. The van der Waals surface area contributed by atoms with Crippen molar-refractivity contribution in [2.75, 3.05) is 13.1 Å². The zero-order chi connectivity index (χ0) is 17.6. The molecule has 1 saturated carbocycles. The molecule has 1 saturated heterocycles. The first-order valence-electron chi connectivity index (χ1n) is 9.37. The van der Waals surface area contributed by atoms with Crippen molar-refractivity contribution in [3.8, 4) is 0 Å². The van der Waals surface area contributed by atoms with Crippen LogP contribution in [-0.2, 0) is 11.3 Å². The molecule has 2 heterocycles. The number of amides is 3. The minimum atomic E-state index is -0.194. The molecule has 1 aliphatic heterocycles. The maximum absolute atomic E-state index is 12.6. The molecular weight excluding hydrogens is 316 g/mol. The van der Waals surface area contributed by atoms with Crippen LogP contribution in [0.1, 0.15) is 49.9 Å². The third kappa shape index (κ3) is 4.94. The number of nitrogens with one attached hydrogen (secondary N) is 2. The van der Waals surface area contributed by atoms with E-state index in [1.165, 1.54) is 19.3 Å². The number of pyridine rings is 1. The number of aromatic nitrogens is 1. The van der Waals surface area contributed by atoms with Crippen LogP contribution in [0.4, 0.5) is 4.79 Å². The number of carbonyl (C=O) groups is 2. The Morgan fingerprint density at radius 2 is 2.00 bits per heavy atom. The van der Waals surface area contributed by atoms with Gasteiger partial charge in [0.2, 0.25) is 5.91 Å². The van der Waals surface area contributed by atoms with Gasteiger partial charge in [-0.2, -0.15) is 0 Å². The van der Waals surface area contributed by atoms with E-state index < -0.39 is 0 Å². The molecule has 2 N–H and O–H groups in total. The third-order valence-corrected chi connectivity index (χ3v) is 5.17. The number of aryl methyl sites for hydroxylation is 1. The van der Waals surface area contributed by atoms with Gasteiger partial charge in [-0.05, 0) is 38.3 Å². The summed E-state index contributed by atoms with van der Waals surface area (Å²) in [5, 5.41) is 5.82. The first-order chi connectivity index (χ1) is 12.1. The molecule has 6 nitrogen and oxygen atoms in total. The molecule has 6 heteroatoms. The van der Waals surface area contributed by atoms with Gasteiger partial charge in [-0.3, -0.25) is 9.78 Å². The molecule has 3 amide bonds. The molecule has 0 unspecified atom stereocenters. The van der Waals surface area contributed by atoms with E-state index in [2.05, 4.69) is 15.6 Å². The van der Waals surface area contributed by atoms with Crippen LogP contribution in [0.25, 0.3) is 0 Å². The second-order valence-corrected chi connectivity index (χ2v) is 7.20. The molecule has 0 spiro atoms. The van der Waals surface area contributed by atoms with Crippen LogP contribution >= 0.6 is 0 Å². The quantitative estimate of drug-likeness (QED) is 0.880. The van der Waals surface area contributed by atoms with Gasteiger partial charge in [0, 0.05) is 30.7 Å². The Bertz CT molecular complexity index is 613. The molecule has 0 aromatic carbocycles. The monoisotopic (exact) mass is 344 g/mol. The topological polar surface area (TPSA) is 74.3 Å². The number of likely N-dealkylation sites (tertiary alicyclic amines) is 1. The highest BCUT2D eigenvalue weighted by atomic mass is 16.2. The Kier molecular flexibility index (Phi) is 5.89. The molecule has 1 aromatic rings. The lowest BCUT2D eigenvalue weighted by Crippen LogP contribution is -2.44. The highest BCUT2D eigenvalue weighted by molar-refractivity contribution is 5.79. The van der Waals surface area contributed by atoms with Crippen molar-refractivity contribution in [3.63, 3.8) is 0 Å². The third-order valence-electron chi connectivity index (χ3n) is 5.17. The molecule has 2 fully saturated rings. The van der Waals surface area contributed by atoms with Gasteiger partial charge < -0.3 is 15.5 Å². The van der Waals surface area contributed by atoms with Crippen molar-refractivity contribution >= 4 is 11.9 Å². The van der Waals surface area contributed by atoms with Gasteiger partial charge in [-0.15, -0.1) is 0 Å². The van der Waals surface area contributed by atoms with Gasteiger partial charge in [-0.25, -0.2) is 4.79 Å². The second-order valence-electron chi connectivity index (χ2n) is 7.20. The normalized spacial score (nSPS) is 21.2. The zero-order valence-electron chi connectivity index (χ0n) is 15.0. The number of nitrogens with zero attached hydrogens (tertiary/aromatic N) is 2. The zero-order valence-corrected chi connectivity index (χ0v) is 15.0. The van der Waals surface area contributed by atoms with E-state index in [4.69, 9.17) is 0 Å². The van der Waals surface area contributed by atoms with Crippen LogP contribution in [0.15, 0.2) is 18.2 Å². The van der Waals surface area contributed by atoms with Crippen molar-refractivity contribution in [3.05, 3.63) is 29.6 Å². The molecule has 1 aromatic heterocycles. The van der Waals surface area contributed by atoms with Crippen LogP contribution in [0.2, 0.25) is 0 Å². The average Bonchev–Trinajstić information content (AvgIpc) is 3.08. The van der Waals surface area contributed by atoms with Crippen LogP contribution in [0, 0.1) is 12.8 Å². The Labute approximate surface area is 149 Å². The minimum absolute atomic E-state index is 0.0398. The van der Waals surface area contributed by atoms with Gasteiger partial charge in [0.1, 0.15) is 0 Å². The van der Waals surface area contributed by atoms with Crippen LogP contribution < -0.4 is 10.6 Å². The number of hydrogen-bond donors (Lipinski definition) is 2. The highest BCUT2D eigenvalue weighted by Crippen LogP contribution is 2.26. The number of rotatable bonds is 4. The predicted molar refractivity (Wildman–Crippen MR) is 95.9 cm³/mol. The Morgan fingerprint density at radius 3 is 2.76 bits per heavy atom. The molecular formula is C19H28N4O2. The largest absolute Gasteiger partial charge is 0.340 e. The number of carbonyl (C=O) groups excluding carboxylic acids is 2. The second kappa shape index (κ2) is 8.32. The summed E-state index contributed by atoms with van der Waals surface area (Å²) in [4.78, 5) is 30.9. The minimum Gasteiger partial charge on any atom is -0.340 e. The number of hydrogen-bond acceptors (Lipinski definition) is 3. The van der Waals surface area contributed by atoms with E-state index in [9.17, 15) is 9.59 Å². The SMILES string of the molecule is Cc1cccc(CNC(=O)N[C@H]2CCN(C(=O)C3CCCCC3)C2)n1. The molecule has 3 rings (SSSR count). The lowest BCUT2D eigenvalue weighted by Gasteiger charge is -2.26. The molecule has 25 heavy (non-hydrogen) atoms. The summed E-state index contributed by atoms with van der Waals surface area (Å²) >= 11 is 0. The maximum Gasteiger partial charge on any atom is 0.315 e. The van der Waals surface area contributed by atoms with E-state index >= 15 is 0 Å². The van der Waals surface area contributed by atoms with Crippen molar-refractivity contribution in [1.29, 1.82) is 0 Å². The fraction of sp³-hybridized carbons (Fsp3) is 0.632. The first kappa shape index (κ1) is 17.7. The van der Waals surface area contributed by atoms with Crippen molar-refractivity contribution in [2.24, 2.45) is 5.92 Å². The van der Waals surface area contributed by atoms with Gasteiger partial charge in [0.15, 0.2) is 0 Å². The molecule has 2 aliphatic rings. The lowest BCUT2D eigenvalue weighted by atomic mass is 9.88. The van der Waals surface area contributed by atoms with Gasteiger partial charge in [-0.1, -0.05) is 25.3 Å². The van der Waals surface area contributed by atoms with Gasteiger partial charge in [0.05, 0.1) is 12.2 Å². The fourth-order valence-corrected chi connectivity index (χ4v) is 3.79. The van der Waals surface area contributed by atoms with E-state index in [1.54, 1.807) is 0 Å². The molecule has 136 valence electrons. The van der Waals surface area contributed by atoms with E-state index in [1.807, 2.05) is 30.0 Å². The number of urea groups is 1. The Hall–Kier alpha value is -2.11. The maximum atomic E-state index is 12.6. The standard InChI is InChI=1S/C19H28N4O2/c1-14-6-5-9-16(21-14)12-20-19(25)22-17-10-11-23(13-17)18(24)15-7-3-2-4-8-15/h5-6,9,15,17H,2-4,7-8,10-13H2,1H3,(H2,20,22,25)/t17-/m0/s1. The summed E-state index contributed by atoms with van der Waals surface area (Å²) < 4.78 is 0. The fourth-order valence-electron chi connectivity index (χ4n) is 3.79. The van der Waals surface area contributed by atoms with Gasteiger partial charge >= 0.3 is 6.03 Å². The summed E-state index contributed by atoms with van der Waals surface area (Å²) in [5.74, 6) is 0.488. The van der Waals surface area contributed by atoms with E-state index in [-0.39, 0.29) is 23.9 Å². The van der Waals surface area contributed by atoms with Gasteiger partial charge in [0.25, 0.3) is 0 Å². The van der Waals surface area contributed by atoms with Crippen LogP contribution in [0.5, 0.6) is 0 Å². The molecule has 0 radical (unpaired) electrons. The van der Waals surface area contributed by atoms with E-state index in [0.717, 1.165) is 37.2 Å². The molecule has 1 aliphatic carbocycles. The summed E-state index contributed by atoms with van der Waals surface area (Å²) in [6, 6.07) is 5.61.